The first kappa shape index (κ1) is 13.6. The number of carbonyl (C=O) groups excluding carboxylic acids is 1. The third kappa shape index (κ3) is 3.57. The molecule has 6 heteroatoms. The van der Waals surface area contributed by atoms with E-state index in [1.54, 1.807) is 37.4 Å². The van der Waals surface area contributed by atoms with Crippen molar-refractivity contribution >= 4 is 34.7 Å². The number of hydrazone groups is 1. The molecule has 0 fully saturated rings. The molecular weight excluding hydrogens is 359 g/mol. The van der Waals surface area contributed by atoms with Gasteiger partial charge in [-0.3, -0.25) is 4.79 Å². The molecule has 0 aliphatic heterocycles. The average Bonchev–Trinajstić information content (AvgIpc) is 2.91. The molecule has 5 nitrogen and oxygen atoms in total. The highest BCUT2D eigenvalue weighted by atomic mass is 127. The number of halogens is 1. The van der Waals surface area contributed by atoms with Gasteiger partial charge in [-0.1, -0.05) is 0 Å². The maximum absolute atomic E-state index is 11.8. The molecule has 0 spiro atoms. The predicted octanol–water partition coefficient (Wildman–Crippen LogP) is 2.66. The van der Waals surface area contributed by atoms with E-state index in [0.29, 0.717) is 11.3 Å². The lowest BCUT2D eigenvalue weighted by Gasteiger charge is -2.05. The smallest absolute Gasteiger partial charge is 0.271 e. The van der Waals surface area contributed by atoms with Crippen LogP contribution in [0.25, 0.3) is 0 Å². The predicted molar refractivity (Wildman–Crippen MR) is 79.5 cm³/mol. The van der Waals surface area contributed by atoms with E-state index in [1.165, 1.54) is 12.5 Å². The monoisotopic (exact) mass is 370 g/mol. The molecule has 19 heavy (non-hydrogen) atoms. The Labute approximate surface area is 123 Å². The van der Waals surface area contributed by atoms with E-state index in [-0.39, 0.29) is 5.91 Å². The molecule has 0 saturated carbocycles. The zero-order valence-electron chi connectivity index (χ0n) is 10.1. The van der Waals surface area contributed by atoms with Crippen LogP contribution in [0.2, 0.25) is 0 Å². The van der Waals surface area contributed by atoms with Crippen LogP contribution in [0.3, 0.4) is 0 Å². The van der Waals surface area contributed by atoms with E-state index in [9.17, 15) is 4.79 Å². The summed E-state index contributed by atoms with van der Waals surface area (Å²) < 4.78 is 11.0. The Morgan fingerprint density at radius 1 is 1.47 bits per heavy atom. The molecule has 1 aromatic carbocycles. The molecule has 2 aromatic rings. The van der Waals surface area contributed by atoms with Gasteiger partial charge in [-0.15, -0.1) is 0 Å². The third-order valence-electron chi connectivity index (χ3n) is 2.32. The fourth-order valence-corrected chi connectivity index (χ4v) is 2.13. The van der Waals surface area contributed by atoms with Crippen LogP contribution in [-0.2, 0) is 0 Å². The zero-order valence-corrected chi connectivity index (χ0v) is 12.2. The van der Waals surface area contributed by atoms with Gasteiger partial charge in [0, 0.05) is 5.56 Å². The molecule has 0 atom stereocenters. The number of furan rings is 1. The van der Waals surface area contributed by atoms with Gasteiger partial charge in [0.2, 0.25) is 0 Å². The van der Waals surface area contributed by atoms with Crippen LogP contribution in [0.4, 0.5) is 0 Å². The third-order valence-corrected chi connectivity index (χ3v) is 3.16. The molecule has 98 valence electrons. The first-order valence-corrected chi connectivity index (χ1v) is 6.49. The second-order valence-corrected chi connectivity index (χ2v) is 4.73. The summed E-state index contributed by atoms with van der Waals surface area (Å²) in [4.78, 5) is 11.8. The molecule has 0 saturated heterocycles. The molecule has 0 bridgehead atoms. The molecule has 2 rings (SSSR count). The van der Waals surface area contributed by atoms with Gasteiger partial charge >= 0.3 is 0 Å². The van der Waals surface area contributed by atoms with Gasteiger partial charge in [-0.05, 0) is 52.9 Å². The Morgan fingerprint density at radius 3 is 2.95 bits per heavy atom. The van der Waals surface area contributed by atoms with Crippen molar-refractivity contribution in [3.8, 4) is 5.75 Å². The minimum Gasteiger partial charge on any atom is -0.496 e. The number of methoxy groups -OCH3 is 1. The number of carbonyl (C=O) groups is 1. The first-order chi connectivity index (χ1) is 9.20. The highest BCUT2D eigenvalue weighted by Crippen LogP contribution is 2.21. The number of hydrogen-bond donors (Lipinski definition) is 1. The number of nitrogens with one attached hydrogen (secondary N) is 1. The van der Waals surface area contributed by atoms with E-state index in [2.05, 4.69) is 33.1 Å². The van der Waals surface area contributed by atoms with Crippen LogP contribution in [0, 0.1) is 3.57 Å². The van der Waals surface area contributed by atoms with E-state index >= 15 is 0 Å². The summed E-state index contributed by atoms with van der Waals surface area (Å²) in [5, 5.41) is 3.81. The van der Waals surface area contributed by atoms with Crippen molar-refractivity contribution in [1.82, 2.24) is 5.43 Å². The molecule has 0 aliphatic rings. The highest BCUT2D eigenvalue weighted by Gasteiger charge is 2.07. The molecular formula is C13H11IN2O3. The van der Waals surface area contributed by atoms with Gasteiger partial charge in [0.1, 0.15) is 11.5 Å². The lowest BCUT2D eigenvalue weighted by molar-refractivity contribution is 0.0955. The normalized spacial score (nSPS) is 10.6. The second kappa shape index (κ2) is 6.37. The summed E-state index contributed by atoms with van der Waals surface area (Å²) in [6, 6.07) is 8.64. The van der Waals surface area contributed by atoms with Crippen LogP contribution < -0.4 is 10.2 Å². The summed E-state index contributed by atoms with van der Waals surface area (Å²) in [7, 11) is 1.59. The maximum atomic E-state index is 11.8. The standard InChI is InChI=1S/C13H11IN2O3/c1-18-12-5-4-9(7-11(12)14)13(17)16-15-8-10-3-2-6-19-10/h2-8H,1H3,(H,16,17)/b15-8-. The SMILES string of the molecule is COc1ccc(C(=O)N/N=C\c2ccco2)cc1I. The summed E-state index contributed by atoms with van der Waals surface area (Å²) in [6.45, 7) is 0. The van der Waals surface area contributed by atoms with Crippen molar-refractivity contribution in [2.45, 2.75) is 0 Å². The average molecular weight is 370 g/mol. The Balaban J connectivity index is 2.02. The van der Waals surface area contributed by atoms with Gasteiger partial charge in [-0.2, -0.15) is 5.10 Å². The minimum absolute atomic E-state index is 0.289. The molecule has 0 aliphatic carbocycles. The number of rotatable bonds is 4. The summed E-state index contributed by atoms with van der Waals surface area (Å²) in [6.07, 6.45) is 2.97. The van der Waals surface area contributed by atoms with Gasteiger partial charge in [-0.25, -0.2) is 5.43 Å². The van der Waals surface area contributed by atoms with E-state index in [0.717, 1.165) is 9.32 Å². The van der Waals surface area contributed by atoms with Crippen molar-refractivity contribution in [3.63, 3.8) is 0 Å². The summed E-state index contributed by atoms with van der Waals surface area (Å²) in [5.74, 6) is 1.02. The van der Waals surface area contributed by atoms with Crippen molar-refractivity contribution in [1.29, 1.82) is 0 Å². The number of benzene rings is 1. The molecule has 1 aromatic heterocycles. The number of hydrogen-bond acceptors (Lipinski definition) is 4. The Morgan fingerprint density at radius 2 is 2.32 bits per heavy atom. The Bertz CT molecular complexity index is 594. The fourth-order valence-electron chi connectivity index (χ4n) is 1.39. The van der Waals surface area contributed by atoms with Gasteiger partial charge < -0.3 is 9.15 Å². The topological polar surface area (TPSA) is 63.8 Å². The van der Waals surface area contributed by atoms with Crippen molar-refractivity contribution < 1.29 is 13.9 Å². The highest BCUT2D eigenvalue weighted by molar-refractivity contribution is 14.1. The number of nitrogens with zero attached hydrogens (tertiary/aromatic N) is 1. The summed E-state index contributed by atoms with van der Waals surface area (Å²) >= 11 is 2.11. The van der Waals surface area contributed by atoms with Crippen LogP contribution in [0.5, 0.6) is 5.75 Å². The first-order valence-electron chi connectivity index (χ1n) is 5.41. The van der Waals surface area contributed by atoms with E-state index < -0.39 is 0 Å². The van der Waals surface area contributed by atoms with Crippen LogP contribution in [-0.4, -0.2) is 19.2 Å². The Hall–Kier alpha value is -1.83. The quantitative estimate of drug-likeness (QED) is 0.511. The molecule has 1 N–H and O–H groups in total. The van der Waals surface area contributed by atoms with Crippen molar-refractivity contribution in [2.24, 2.45) is 5.10 Å². The van der Waals surface area contributed by atoms with E-state index in [4.69, 9.17) is 9.15 Å². The number of amides is 1. The molecule has 0 unspecified atom stereocenters. The van der Waals surface area contributed by atoms with E-state index in [1.807, 2.05) is 0 Å². The summed E-state index contributed by atoms with van der Waals surface area (Å²) in [5.41, 5.74) is 2.94. The van der Waals surface area contributed by atoms with Crippen molar-refractivity contribution in [2.75, 3.05) is 7.11 Å². The van der Waals surface area contributed by atoms with Gasteiger partial charge in [0.25, 0.3) is 5.91 Å². The molecule has 0 radical (unpaired) electrons. The zero-order chi connectivity index (χ0) is 13.7. The van der Waals surface area contributed by atoms with Gasteiger partial charge in [0.05, 0.1) is 23.2 Å². The van der Waals surface area contributed by atoms with Crippen LogP contribution >= 0.6 is 22.6 Å². The largest absolute Gasteiger partial charge is 0.496 e. The lowest BCUT2D eigenvalue weighted by atomic mass is 10.2. The van der Waals surface area contributed by atoms with Crippen LogP contribution in [0.15, 0.2) is 46.1 Å². The van der Waals surface area contributed by atoms with Crippen molar-refractivity contribution in [3.05, 3.63) is 51.5 Å². The number of ether oxygens (including phenoxy) is 1. The lowest BCUT2D eigenvalue weighted by Crippen LogP contribution is -2.17. The second-order valence-electron chi connectivity index (χ2n) is 3.56. The minimum atomic E-state index is -0.289. The maximum Gasteiger partial charge on any atom is 0.271 e. The molecule has 1 heterocycles. The van der Waals surface area contributed by atoms with Crippen LogP contribution in [0.1, 0.15) is 16.1 Å². The Kier molecular flexibility index (Phi) is 4.56. The van der Waals surface area contributed by atoms with Gasteiger partial charge in [0.15, 0.2) is 0 Å². The fraction of sp³-hybridized carbons (Fsp3) is 0.0769. The molecule has 1 amide bonds.